The molecule has 0 bridgehead atoms. The van der Waals surface area contributed by atoms with Crippen LogP contribution in [0.4, 0.5) is 5.95 Å². The Morgan fingerprint density at radius 3 is 2.53 bits per heavy atom. The van der Waals surface area contributed by atoms with Gasteiger partial charge in [0.25, 0.3) is 11.5 Å². The lowest BCUT2D eigenvalue weighted by molar-refractivity contribution is 0.0953. The van der Waals surface area contributed by atoms with E-state index in [1.807, 2.05) is 19.1 Å². The number of benzene rings is 2. The molecule has 11 heteroatoms. The molecular formula is C23H25N7O4. The second-order valence-electron chi connectivity index (χ2n) is 7.51. The Kier molecular flexibility index (Phi) is 6.72. The number of carbonyl (C=O) groups excluding carboxylic acids is 1. The quantitative estimate of drug-likeness (QED) is 0.321. The summed E-state index contributed by atoms with van der Waals surface area (Å²) in [5, 5.41) is 14.6. The smallest absolute Gasteiger partial charge is 0.260 e. The lowest BCUT2D eigenvalue weighted by atomic mass is 10.1. The van der Waals surface area contributed by atoms with Gasteiger partial charge in [-0.1, -0.05) is 11.6 Å². The molecule has 0 radical (unpaired) electrons. The van der Waals surface area contributed by atoms with Gasteiger partial charge in [0.1, 0.15) is 0 Å². The maximum Gasteiger partial charge on any atom is 0.260 e. The third-order valence-electron chi connectivity index (χ3n) is 5.17. The molecule has 11 nitrogen and oxygen atoms in total. The molecule has 2 aromatic heterocycles. The van der Waals surface area contributed by atoms with E-state index in [0.29, 0.717) is 59.1 Å². The third kappa shape index (κ3) is 4.82. The van der Waals surface area contributed by atoms with Crippen molar-refractivity contribution >= 4 is 22.8 Å². The number of amides is 1. The summed E-state index contributed by atoms with van der Waals surface area (Å²) < 4.78 is 10.5. The summed E-state index contributed by atoms with van der Waals surface area (Å²) >= 11 is 0. The van der Waals surface area contributed by atoms with Gasteiger partial charge < -0.3 is 20.1 Å². The van der Waals surface area contributed by atoms with Crippen LogP contribution in [0.3, 0.4) is 0 Å². The number of carbonyl (C=O) groups is 1. The Bertz CT molecular complexity index is 1370. The normalized spacial score (nSPS) is 10.8. The maximum atomic E-state index is 12.8. The van der Waals surface area contributed by atoms with E-state index >= 15 is 0 Å². The first kappa shape index (κ1) is 22.8. The van der Waals surface area contributed by atoms with Crippen molar-refractivity contribution in [1.29, 1.82) is 0 Å². The van der Waals surface area contributed by atoms with E-state index < -0.39 is 0 Å². The van der Waals surface area contributed by atoms with E-state index in [9.17, 15) is 9.59 Å². The van der Waals surface area contributed by atoms with Crippen molar-refractivity contribution < 1.29 is 14.3 Å². The van der Waals surface area contributed by atoms with Crippen LogP contribution < -0.4 is 25.7 Å². The summed E-state index contributed by atoms with van der Waals surface area (Å²) in [5.74, 6) is 1.07. The van der Waals surface area contributed by atoms with Crippen molar-refractivity contribution in [2.24, 2.45) is 0 Å². The van der Waals surface area contributed by atoms with Gasteiger partial charge in [-0.15, -0.1) is 0 Å². The molecule has 0 fully saturated rings. The minimum Gasteiger partial charge on any atom is -0.493 e. The van der Waals surface area contributed by atoms with E-state index in [4.69, 9.17) is 9.47 Å². The number of aromatic nitrogens is 5. The monoisotopic (exact) mass is 463 g/mol. The molecule has 0 aliphatic rings. The lowest BCUT2D eigenvalue weighted by Crippen LogP contribution is -2.27. The summed E-state index contributed by atoms with van der Waals surface area (Å²) in [6.45, 7) is 2.84. The minimum atomic E-state index is -0.291. The first-order valence-electron chi connectivity index (χ1n) is 10.7. The number of aromatic amines is 1. The Hall–Kier alpha value is -4.41. The summed E-state index contributed by atoms with van der Waals surface area (Å²) in [6.07, 6.45) is 3.73. The SMILES string of the molecule is COc1cc2nc(NCCCNC(=O)c3cc(C)ccc3-n3nccn3)[nH]c(=O)c2cc1OC. The molecule has 0 aliphatic carbocycles. The number of ether oxygens (including phenoxy) is 2. The van der Waals surface area contributed by atoms with Gasteiger partial charge >= 0.3 is 0 Å². The molecule has 1 amide bonds. The van der Waals surface area contributed by atoms with Gasteiger partial charge in [0.05, 0.1) is 48.8 Å². The molecule has 4 aromatic rings. The highest BCUT2D eigenvalue weighted by atomic mass is 16.5. The number of methoxy groups -OCH3 is 2. The fourth-order valence-corrected chi connectivity index (χ4v) is 3.49. The third-order valence-corrected chi connectivity index (χ3v) is 5.17. The van der Waals surface area contributed by atoms with Gasteiger partial charge in [-0.25, -0.2) is 4.98 Å². The molecule has 176 valence electrons. The van der Waals surface area contributed by atoms with Crippen molar-refractivity contribution in [2.45, 2.75) is 13.3 Å². The largest absolute Gasteiger partial charge is 0.493 e. The standard InChI is InChI=1S/C23H25N7O4/c1-14-5-6-18(30-26-9-10-27-30)16(11-14)21(31)24-7-4-8-25-23-28-17-13-20(34-3)19(33-2)12-15(17)22(32)29-23/h5-6,9-13H,4,7-8H2,1-3H3,(H,24,31)(H2,25,28,29,32). The highest BCUT2D eigenvalue weighted by Gasteiger charge is 2.14. The fourth-order valence-electron chi connectivity index (χ4n) is 3.49. The highest BCUT2D eigenvalue weighted by Crippen LogP contribution is 2.30. The fraction of sp³-hybridized carbons (Fsp3) is 0.261. The zero-order chi connectivity index (χ0) is 24.1. The maximum absolute atomic E-state index is 12.8. The van der Waals surface area contributed by atoms with Crippen molar-refractivity contribution in [3.63, 3.8) is 0 Å². The number of H-pyrrole nitrogens is 1. The molecule has 0 atom stereocenters. The predicted molar refractivity (Wildman–Crippen MR) is 127 cm³/mol. The lowest BCUT2D eigenvalue weighted by Gasteiger charge is -2.11. The predicted octanol–water partition coefficient (Wildman–Crippen LogP) is 2.06. The second kappa shape index (κ2) is 10.0. The van der Waals surface area contributed by atoms with Crippen LogP contribution in [0.15, 0.2) is 47.5 Å². The molecule has 2 aromatic carbocycles. The van der Waals surface area contributed by atoms with E-state index in [1.165, 1.54) is 19.0 Å². The minimum absolute atomic E-state index is 0.214. The van der Waals surface area contributed by atoms with Crippen molar-refractivity contribution in [3.05, 3.63) is 64.2 Å². The van der Waals surface area contributed by atoms with Gasteiger partial charge in [0, 0.05) is 19.2 Å². The Morgan fingerprint density at radius 2 is 1.79 bits per heavy atom. The molecular weight excluding hydrogens is 438 g/mol. The number of aryl methyl sites for hydroxylation is 1. The summed E-state index contributed by atoms with van der Waals surface area (Å²) in [5.41, 5.74) is 2.26. The molecule has 2 heterocycles. The van der Waals surface area contributed by atoms with E-state index in [-0.39, 0.29) is 11.5 Å². The molecule has 34 heavy (non-hydrogen) atoms. The van der Waals surface area contributed by atoms with Crippen molar-refractivity contribution in [2.75, 3.05) is 32.6 Å². The molecule has 0 unspecified atom stereocenters. The summed E-state index contributed by atoms with van der Waals surface area (Å²) in [6, 6.07) is 8.78. The number of nitrogens with one attached hydrogen (secondary N) is 3. The molecule has 0 saturated carbocycles. The Labute approximate surface area is 195 Å². The molecule has 0 saturated heterocycles. The molecule has 4 rings (SSSR count). The van der Waals surface area contributed by atoms with Crippen LogP contribution in [0.2, 0.25) is 0 Å². The van der Waals surface area contributed by atoms with E-state index in [1.54, 1.807) is 30.6 Å². The molecule has 0 aliphatic heterocycles. The van der Waals surface area contributed by atoms with Crippen LogP contribution >= 0.6 is 0 Å². The number of hydrogen-bond acceptors (Lipinski definition) is 8. The number of hydrogen-bond donors (Lipinski definition) is 3. The zero-order valence-corrected chi connectivity index (χ0v) is 19.1. The Morgan fingerprint density at radius 1 is 1.06 bits per heavy atom. The van der Waals surface area contributed by atoms with Gasteiger partial charge in [-0.05, 0) is 31.5 Å². The number of anilines is 1. The van der Waals surface area contributed by atoms with E-state index in [0.717, 1.165) is 5.56 Å². The zero-order valence-electron chi connectivity index (χ0n) is 19.1. The topological polar surface area (TPSA) is 136 Å². The molecule has 0 spiro atoms. The van der Waals surface area contributed by atoms with Crippen LogP contribution in [-0.4, -0.2) is 58.2 Å². The van der Waals surface area contributed by atoms with Crippen LogP contribution in [-0.2, 0) is 0 Å². The second-order valence-corrected chi connectivity index (χ2v) is 7.51. The highest BCUT2D eigenvalue weighted by molar-refractivity contribution is 5.97. The van der Waals surface area contributed by atoms with Gasteiger partial charge in [0.15, 0.2) is 11.5 Å². The van der Waals surface area contributed by atoms with Crippen molar-refractivity contribution in [1.82, 2.24) is 30.3 Å². The van der Waals surface area contributed by atoms with Crippen LogP contribution in [0.5, 0.6) is 11.5 Å². The van der Waals surface area contributed by atoms with Gasteiger partial charge in [-0.3, -0.25) is 14.6 Å². The number of rotatable bonds is 9. The number of nitrogens with zero attached hydrogens (tertiary/aromatic N) is 4. The first-order valence-corrected chi connectivity index (χ1v) is 10.7. The summed E-state index contributed by atoms with van der Waals surface area (Å²) in [4.78, 5) is 33.8. The van der Waals surface area contributed by atoms with Crippen LogP contribution in [0.1, 0.15) is 22.3 Å². The van der Waals surface area contributed by atoms with Crippen LogP contribution in [0, 0.1) is 6.92 Å². The van der Waals surface area contributed by atoms with Gasteiger partial charge in [-0.2, -0.15) is 15.0 Å². The number of fused-ring (bicyclic) bond motifs is 1. The summed E-state index contributed by atoms with van der Waals surface area (Å²) in [7, 11) is 3.03. The average molecular weight is 463 g/mol. The van der Waals surface area contributed by atoms with E-state index in [2.05, 4.69) is 30.8 Å². The first-order chi connectivity index (χ1) is 16.5. The Balaban J connectivity index is 1.37. The molecule has 3 N–H and O–H groups in total. The van der Waals surface area contributed by atoms with Gasteiger partial charge in [0.2, 0.25) is 5.95 Å². The van der Waals surface area contributed by atoms with Crippen molar-refractivity contribution in [3.8, 4) is 17.2 Å². The average Bonchev–Trinajstić information content (AvgIpc) is 3.37. The van der Waals surface area contributed by atoms with Crippen LogP contribution in [0.25, 0.3) is 16.6 Å².